The molecule has 2 aromatic carbocycles. The van der Waals surface area contributed by atoms with E-state index in [1.54, 1.807) is 36.6 Å². The average Bonchev–Trinajstić information content (AvgIpc) is 3.27. The first-order valence-corrected chi connectivity index (χ1v) is 11.8. The number of hydrogen-bond donors (Lipinski definition) is 3. The van der Waals surface area contributed by atoms with Crippen molar-refractivity contribution in [2.24, 2.45) is 4.99 Å². The van der Waals surface area contributed by atoms with Gasteiger partial charge in [-0.2, -0.15) is 0 Å². The predicted molar refractivity (Wildman–Crippen MR) is 126 cm³/mol. The van der Waals surface area contributed by atoms with Crippen LogP contribution in [0.2, 0.25) is 0 Å². The summed E-state index contributed by atoms with van der Waals surface area (Å²) < 4.78 is 28.2. The number of sulfonamides is 1. The topological polar surface area (TPSA) is 147 Å². The van der Waals surface area contributed by atoms with Gasteiger partial charge in [0.2, 0.25) is 5.88 Å². The third-order valence-electron chi connectivity index (χ3n) is 4.62. The molecule has 0 amide bonds. The van der Waals surface area contributed by atoms with E-state index in [9.17, 15) is 23.1 Å². The highest BCUT2D eigenvalue weighted by Gasteiger charge is 2.17. The second-order valence-corrected chi connectivity index (χ2v) is 9.39. The molecule has 0 saturated heterocycles. The number of nitrogens with zero attached hydrogens (tertiary/aromatic N) is 3. The molecule has 33 heavy (non-hydrogen) atoms. The van der Waals surface area contributed by atoms with Gasteiger partial charge in [-0.05, 0) is 42.8 Å². The number of aromatic nitrogens is 3. The number of hydrogen-bond acceptors (Lipinski definition) is 8. The molecule has 2 aromatic heterocycles. The van der Waals surface area contributed by atoms with E-state index in [-0.39, 0.29) is 15.6 Å². The molecule has 0 aliphatic carbocycles. The quantitative estimate of drug-likeness (QED) is 0.359. The summed E-state index contributed by atoms with van der Waals surface area (Å²) in [7, 11) is -3.81. The van der Waals surface area contributed by atoms with Crippen LogP contribution in [0, 0.1) is 6.92 Å². The number of rotatable bonds is 6. The smallest absolute Gasteiger partial charge is 0.335 e. The zero-order valence-corrected chi connectivity index (χ0v) is 18.7. The van der Waals surface area contributed by atoms with E-state index >= 15 is 0 Å². The number of H-pyrrole nitrogens is 1. The lowest BCUT2D eigenvalue weighted by Gasteiger charge is -2.11. The number of anilines is 1. The van der Waals surface area contributed by atoms with Crippen molar-refractivity contribution in [3.8, 4) is 11.6 Å². The molecule has 0 radical (unpaired) electrons. The molecule has 168 valence electrons. The highest BCUT2D eigenvalue weighted by molar-refractivity contribution is 7.93. The van der Waals surface area contributed by atoms with Gasteiger partial charge in [-0.3, -0.25) is 19.5 Å². The maximum atomic E-state index is 12.4. The van der Waals surface area contributed by atoms with Crippen LogP contribution in [0.15, 0.2) is 79.6 Å². The van der Waals surface area contributed by atoms with E-state index in [0.29, 0.717) is 16.9 Å². The Balaban J connectivity index is 1.65. The predicted octanol–water partition coefficient (Wildman–Crippen LogP) is 2.55. The normalized spacial score (nSPS) is 11.7. The molecule has 0 aliphatic heterocycles. The van der Waals surface area contributed by atoms with E-state index in [0.717, 1.165) is 22.1 Å². The average molecular weight is 484 g/mol. The lowest BCUT2D eigenvalue weighted by molar-refractivity contribution is 0.430. The number of aryl methyl sites for hydroxylation is 1. The van der Waals surface area contributed by atoms with Gasteiger partial charge in [0.1, 0.15) is 5.56 Å². The summed E-state index contributed by atoms with van der Waals surface area (Å²) in [6.07, 6.45) is 2.60. The molecule has 12 heteroatoms. The van der Waals surface area contributed by atoms with Crippen LogP contribution in [0.5, 0.6) is 5.88 Å². The molecular formula is C21H17N5O5S2. The molecule has 0 unspecified atom stereocenters. The van der Waals surface area contributed by atoms with Crippen molar-refractivity contribution in [3.05, 3.63) is 92.1 Å². The molecule has 10 nitrogen and oxygen atoms in total. The van der Waals surface area contributed by atoms with E-state index < -0.39 is 27.2 Å². The van der Waals surface area contributed by atoms with Crippen LogP contribution in [0.1, 0.15) is 11.1 Å². The summed E-state index contributed by atoms with van der Waals surface area (Å²) in [5.41, 5.74) is -0.360. The first-order chi connectivity index (χ1) is 15.8. The number of aliphatic imine (C=N–C) groups is 1. The highest BCUT2D eigenvalue weighted by Crippen LogP contribution is 2.22. The first-order valence-electron chi connectivity index (χ1n) is 9.47. The Labute approximate surface area is 191 Å². The standard InChI is InChI=1S/C21H17N5O5S2/c1-13-4-2-3-5-17(13)26-19(28)16(18(27)24-21(26)29)12-23-14-6-8-15(9-7-14)33(30,31)25-20-22-10-11-32-20/h2-12,28H,1H3,(H,22,25)(H,24,27,29). The molecular weight excluding hydrogens is 466 g/mol. The van der Waals surface area contributed by atoms with Crippen molar-refractivity contribution in [2.75, 3.05) is 4.72 Å². The van der Waals surface area contributed by atoms with Crippen LogP contribution in [-0.4, -0.2) is 34.3 Å². The lowest BCUT2D eigenvalue weighted by atomic mass is 10.2. The third kappa shape index (κ3) is 4.61. The van der Waals surface area contributed by atoms with E-state index in [1.165, 1.54) is 30.5 Å². The fraction of sp³-hybridized carbons (Fsp3) is 0.0476. The molecule has 4 rings (SSSR count). The Morgan fingerprint density at radius 1 is 1.15 bits per heavy atom. The third-order valence-corrected chi connectivity index (χ3v) is 6.79. The summed E-state index contributed by atoms with van der Waals surface area (Å²) in [5.74, 6) is -0.561. The maximum absolute atomic E-state index is 12.4. The lowest BCUT2D eigenvalue weighted by Crippen LogP contribution is -2.31. The Morgan fingerprint density at radius 2 is 1.88 bits per heavy atom. The van der Waals surface area contributed by atoms with Gasteiger partial charge in [0.05, 0.1) is 16.3 Å². The van der Waals surface area contributed by atoms with Crippen molar-refractivity contribution < 1.29 is 13.5 Å². The van der Waals surface area contributed by atoms with Gasteiger partial charge in [0, 0.05) is 17.8 Å². The van der Waals surface area contributed by atoms with E-state index in [2.05, 4.69) is 19.7 Å². The zero-order valence-electron chi connectivity index (χ0n) is 17.1. The molecule has 2 heterocycles. The van der Waals surface area contributed by atoms with E-state index in [4.69, 9.17) is 0 Å². The molecule has 0 bridgehead atoms. The highest BCUT2D eigenvalue weighted by atomic mass is 32.2. The molecule has 4 aromatic rings. The van der Waals surface area contributed by atoms with Gasteiger partial charge < -0.3 is 5.11 Å². The molecule has 0 atom stereocenters. The van der Waals surface area contributed by atoms with Crippen LogP contribution in [-0.2, 0) is 10.0 Å². The van der Waals surface area contributed by atoms with Crippen LogP contribution in [0.4, 0.5) is 10.8 Å². The summed E-state index contributed by atoms with van der Waals surface area (Å²) in [4.78, 5) is 34.8. The van der Waals surface area contributed by atoms with Crippen LogP contribution >= 0.6 is 11.3 Å². The van der Waals surface area contributed by atoms with Crippen LogP contribution in [0.25, 0.3) is 5.69 Å². The monoisotopic (exact) mass is 483 g/mol. The fourth-order valence-corrected chi connectivity index (χ4v) is 4.78. The number of thiazole rings is 1. The Kier molecular flexibility index (Phi) is 5.94. The second kappa shape index (κ2) is 8.84. The minimum atomic E-state index is -3.81. The van der Waals surface area contributed by atoms with Gasteiger partial charge in [0.25, 0.3) is 15.6 Å². The van der Waals surface area contributed by atoms with Gasteiger partial charge in [-0.15, -0.1) is 11.3 Å². The Bertz CT molecular complexity index is 1550. The van der Waals surface area contributed by atoms with Gasteiger partial charge in [0.15, 0.2) is 5.13 Å². The van der Waals surface area contributed by atoms with Crippen molar-refractivity contribution >= 4 is 38.4 Å². The largest absolute Gasteiger partial charge is 0.493 e. The number of aromatic amines is 1. The van der Waals surface area contributed by atoms with Gasteiger partial charge >= 0.3 is 5.69 Å². The first kappa shape index (κ1) is 22.2. The Hall–Kier alpha value is -4.03. The summed E-state index contributed by atoms with van der Waals surface area (Å²) >= 11 is 1.15. The summed E-state index contributed by atoms with van der Waals surface area (Å²) in [6, 6.07) is 12.5. The minimum Gasteiger partial charge on any atom is -0.493 e. The van der Waals surface area contributed by atoms with Gasteiger partial charge in [-0.1, -0.05) is 18.2 Å². The molecule has 0 aliphatic rings. The summed E-state index contributed by atoms with van der Waals surface area (Å²) in [5, 5.41) is 12.5. The summed E-state index contributed by atoms with van der Waals surface area (Å²) in [6.45, 7) is 1.76. The molecule has 3 N–H and O–H groups in total. The zero-order chi connectivity index (χ0) is 23.6. The van der Waals surface area contributed by atoms with Gasteiger partial charge in [-0.25, -0.2) is 22.8 Å². The number of aromatic hydroxyl groups is 1. The van der Waals surface area contributed by atoms with Crippen molar-refractivity contribution in [2.45, 2.75) is 11.8 Å². The van der Waals surface area contributed by atoms with Crippen molar-refractivity contribution in [3.63, 3.8) is 0 Å². The molecule has 0 saturated carbocycles. The van der Waals surface area contributed by atoms with Crippen molar-refractivity contribution in [1.29, 1.82) is 0 Å². The number of nitrogens with one attached hydrogen (secondary N) is 2. The minimum absolute atomic E-state index is 0.00504. The van der Waals surface area contributed by atoms with Crippen LogP contribution < -0.4 is 16.0 Å². The SMILES string of the molecule is Cc1ccccc1-n1c(O)c(C=Nc2ccc(S(=O)(=O)Nc3nccs3)cc2)c(=O)[nH]c1=O. The maximum Gasteiger partial charge on any atom is 0.335 e. The Morgan fingerprint density at radius 3 is 2.55 bits per heavy atom. The van der Waals surface area contributed by atoms with E-state index in [1.807, 2.05) is 0 Å². The molecule has 0 spiro atoms. The van der Waals surface area contributed by atoms with Crippen LogP contribution in [0.3, 0.4) is 0 Å². The second-order valence-electron chi connectivity index (χ2n) is 6.81. The number of benzene rings is 2. The fourth-order valence-electron chi connectivity index (χ4n) is 2.99. The van der Waals surface area contributed by atoms with Crippen molar-refractivity contribution in [1.82, 2.24) is 14.5 Å². The number of para-hydroxylation sites is 1. The molecule has 0 fully saturated rings.